The minimum absolute atomic E-state index is 0.386. The van der Waals surface area contributed by atoms with E-state index in [9.17, 15) is 9.59 Å². The van der Waals surface area contributed by atoms with Crippen LogP contribution >= 0.6 is 0 Å². The zero-order valence-electron chi connectivity index (χ0n) is 12.3. The summed E-state index contributed by atoms with van der Waals surface area (Å²) in [6.45, 7) is 0. The molecule has 118 valence electrons. The molecule has 1 aromatic heterocycles. The monoisotopic (exact) mass is 314 g/mol. The molecule has 0 bridgehead atoms. The van der Waals surface area contributed by atoms with Gasteiger partial charge in [0.15, 0.2) is 0 Å². The van der Waals surface area contributed by atoms with Crippen LogP contribution in [-0.2, 0) is 9.53 Å². The molecule has 2 aromatic rings. The number of nitrogens with one attached hydrogen (secondary N) is 1. The van der Waals surface area contributed by atoms with E-state index >= 15 is 0 Å². The average Bonchev–Trinajstić information content (AvgIpc) is 3.08. The first-order chi connectivity index (χ1) is 11.2. The van der Waals surface area contributed by atoms with Gasteiger partial charge in [-0.1, -0.05) is 0 Å². The van der Waals surface area contributed by atoms with Gasteiger partial charge in [-0.3, -0.25) is 0 Å². The van der Waals surface area contributed by atoms with Crippen molar-refractivity contribution in [3.05, 3.63) is 60.1 Å². The van der Waals surface area contributed by atoms with Crippen molar-refractivity contribution in [3.8, 4) is 5.75 Å². The molecule has 0 saturated heterocycles. The summed E-state index contributed by atoms with van der Waals surface area (Å²) in [5.74, 6) is 0.430. The second-order valence-electron chi connectivity index (χ2n) is 4.20. The van der Waals surface area contributed by atoms with E-state index in [1.165, 1.54) is 31.7 Å². The van der Waals surface area contributed by atoms with Crippen LogP contribution in [0.15, 0.2) is 58.3 Å². The Bertz CT molecular complexity index is 703. The third-order valence-electron chi connectivity index (χ3n) is 2.58. The highest BCUT2D eigenvalue weighted by Crippen LogP contribution is 2.12. The number of hydrazone groups is 1. The van der Waals surface area contributed by atoms with Crippen LogP contribution in [-0.4, -0.2) is 25.4 Å². The molecule has 23 heavy (non-hydrogen) atoms. The van der Waals surface area contributed by atoms with Crippen molar-refractivity contribution < 1.29 is 23.5 Å². The molecule has 1 N–H and O–H groups in total. The molecule has 7 nitrogen and oxygen atoms in total. The largest absolute Gasteiger partial charge is 0.465 e. The standard InChI is InChI=1S/C16H14N2O5/c1-21-16(20)18-17-11-12-4-6-14(7-5-12)23-15(19)9-8-13-3-2-10-22-13/h2-11H,1H3,(H,18,20)/b9-8+,17-11-. The van der Waals surface area contributed by atoms with Gasteiger partial charge in [0.25, 0.3) is 0 Å². The second-order valence-corrected chi connectivity index (χ2v) is 4.20. The molecule has 2 rings (SSSR count). The Kier molecular flexibility index (Phi) is 5.70. The summed E-state index contributed by atoms with van der Waals surface area (Å²) in [6.07, 6.45) is 5.07. The smallest absolute Gasteiger partial charge is 0.427 e. The molecule has 1 aromatic carbocycles. The van der Waals surface area contributed by atoms with E-state index in [1.54, 1.807) is 36.4 Å². The number of amides is 1. The van der Waals surface area contributed by atoms with Gasteiger partial charge in [0.1, 0.15) is 11.5 Å². The Morgan fingerprint density at radius 3 is 2.65 bits per heavy atom. The van der Waals surface area contributed by atoms with Crippen molar-refractivity contribution >= 4 is 24.4 Å². The summed E-state index contributed by atoms with van der Waals surface area (Å²) in [7, 11) is 1.24. The third kappa shape index (κ3) is 5.50. The van der Waals surface area contributed by atoms with Crippen LogP contribution in [0.1, 0.15) is 11.3 Å². The number of furan rings is 1. The van der Waals surface area contributed by atoms with Gasteiger partial charge < -0.3 is 13.9 Å². The molecule has 0 unspecified atom stereocenters. The number of carbonyl (C=O) groups is 2. The number of esters is 1. The first-order valence-corrected chi connectivity index (χ1v) is 6.58. The molecule has 0 spiro atoms. The number of hydrogen-bond acceptors (Lipinski definition) is 6. The van der Waals surface area contributed by atoms with E-state index in [-0.39, 0.29) is 0 Å². The lowest BCUT2D eigenvalue weighted by Crippen LogP contribution is -2.16. The van der Waals surface area contributed by atoms with Crippen LogP contribution in [0.25, 0.3) is 6.08 Å². The lowest BCUT2D eigenvalue weighted by molar-refractivity contribution is -0.128. The van der Waals surface area contributed by atoms with E-state index in [4.69, 9.17) is 9.15 Å². The summed E-state index contributed by atoms with van der Waals surface area (Å²) in [6, 6.07) is 10.0. The van der Waals surface area contributed by atoms with E-state index in [0.717, 1.165) is 0 Å². The van der Waals surface area contributed by atoms with Crippen LogP contribution in [0, 0.1) is 0 Å². The Morgan fingerprint density at radius 1 is 1.22 bits per heavy atom. The van der Waals surface area contributed by atoms with Crippen molar-refractivity contribution in [1.29, 1.82) is 0 Å². The average molecular weight is 314 g/mol. The first-order valence-electron chi connectivity index (χ1n) is 6.58. The highest BCUT2D eigenvalue weighted by molar-refractivity contribution is 5.88. The third-order valence-corrected chi connectivity index (χ3v) is 2.58. The lowest BCUT2D eigenvalue weighted by atomic mass is 10.2. The fourth-order valence-corrected chi connectivity index (χ4v) is 1.51. The van der Waals surface area contributed by atoms with Crippen molar-refractivity contribution in [3.63, 3.8) is 0 Å². The Labute approximate surface area is 132 Å². The Balaban J connectivity index is 1.87. The number of rotatable bonds is 5. The van der Waals surface area contributed by atoms with Gasteiger partial charge in [0.05, 0.1) is 19.6 Å². The van der Waals surface area contributed by atoms with Crippen LogP contribution in [0.4, 0.5) is 4.79 Å². The molecule has 1 heterocycles. The molecule has 0 aliphatic rings. The number of methoxy groups -OCH3 is 1. The predicted molar refractivity (Wildman–Crippen MR) is 83.0 cm³/mol. The van der Waals surface area contributed by atoms with Crippen LogP contribution in [0.3, 0.4) is 0 Å². The number of hydrogen-bond donors (Lipinski definition) is 1. The summed E-state index contributed by atoms with van der Waals surface area (Å²) in [5.41, 5.74) is 2.88. The first kappa shape index (κ1) is 16.0. The fourth-order valence-electron chi connectivity index (χ4n) is 1.51. The van der Waals surface area contributed by atoms with Gasteiger partial charge in [-0.25, -0.2) is 15.0 Å². The molecular formula is C16H14N2O5. The van der Waals surface area contributed by atoms with Crippen LogP contribution in [0.5, 0.6) is 5.75 Å². The minimum Gasteiger partial charge on any atom is -0.465 e. The quantitative estimate of drug-likeness (QED) is 0.301. The van der Waals surface area contributed by atoms with Gasteiger partial charge in [-0.15, -0.1) is 0 Å². The molecule has 0 aliphatic carbocycles. The molecular weight excluding hydrogens is 300 g/mol. The van der Waals surface area contributed by atoms with Crippen molar-refractivity contribution in [2.75, 3.05) is 7.11 Å². The second kappa shape index (κ2) is 8.18. The number of ether oxygens (including phenoxy) is 2. The molecule has 0 atom stereocenters. The van der Waals surface area contributed by atoms with Crippen molar-refractivity contribution in [2.45, 2.75) is 0 Å². The van der Waals surface area contributed by atoms with E-state index in [0.29, 0.717) is 17.1 Å². The van der Waals surface area contributed by atoms with Gasteiger partial charge in [-0.2, -0.15) is 5.10 Å². The van der Waals surface area contributed by atoms with E-state index < -0.39 is 12.1 Å². The number of benzene rings is 1. The summed E-state index contributed by atoms with van der Waals surface area (Å²) < 4.78 is 14.6. The minimum atomic E-state index is -0.657. The fraction of sp³-hybridized carbons (Fsp3) is 0.0625. The zero-order chi connectivity index (χ0) is 16.5. The molecule has 0 saturated carbocycles. The molecule has 0 fully saturated rings. The number of nitrogens with zero attached hydrogens (tertiary/aromatic N) is 1. The Hall–Kier alpha value is -3.35. The maximum atomic E-state index is 11.6. The number of carbonyl (C=O) groups excluding carboxylic acids is 2. The predicted octanol–water partition coefficient (Wildman–Crippen LogP) is 2.59. The van der Waals surface area contributed by atoms with Gasteiger partial charge in [0.2, 0.25) is 0 Å². The van der Waals surface area contributed by atoms with Crippen LogP contribution < -0.4 is 10.2 Å². The highest BCUT2D eigenvalue weighted by atomic mass is 16.5. The molecule has 0 radical (unpaired) electrons. The summed E-state index contributed by atoms with van der Waals surface area (Å²) >= 11 is 0. The molecule has 7 heteroatoms. The summed E-state index contributed by atoms with van der Waals surface area (Å²) in [5, 5.41) is 3.68. The zero-order valence-corrected chi connectivity index (χ0v) is 12.3. The van der Waals surface area contributed by atoms with Crippen LogP contribution in [0.2, 0.25) is 0 Å². The van der Waals surface area contributed by atoms with Gasteiger partial charge in [0, 0.05) is 6.08 Å². The normalized spacial score (nSPS) is 10.8. The highest BCUT2D eigenvalue weighted by Gasteiger charge is 2.01. The maximum Gasteiger partial charge on any atom is 0.427 e. The van der Waals surface area contributed by atoms with Crippen molar-refractivity contribution in [1.82, 2.24) is 5.43 Å². The SMILES string of the molecule is COC(=O)N/N=C\c1ccc(OC(=O)/C=C/c2ccco2)cc1. The maximum absolute atomic E-state index is 11.6. The molecule has 1 amide bonds. The lowest BCUT2D eigenvalue weighted by Gasteiger charge is -2.01. The Morgan fingerprint density at radius 2 is 2.00 bits per heavy atom. The molecule has 0 aliphatic heterocycles. The topological polar surface area (TPSA) is 90.1 Å². The summed E-state index contributed by atoms with van der Waals surface area (Å²) in [4.78, 5) is 22.4. The van der Waals surface area contributed by atoms with Gasteiger partial charge >= 0.3 is 12.1 Å². The van der Waals surface area contributed by atoms with Gasteiger partial charge in [-0.05, 0) is 48.0 Å². The van der Waals surface area contributed by atoms with Crippen molar-refractivity contribution in [2.24, 2.45) is 5.10 Å². The van der Waals surface area contributed by atoms with E-state index in [1.807, 2.05) is 0 Å². The van der Waals surface area contributed by atoms with E-state index in [2.05, 4.69) is 15.3 Å².